The molecule has 0 atom stereocenters. The number of nitrogens with zero attached hydrogens (tertiary/aromatic N) is 2. The molecule has 1 heterocycles. The van der Waals surface area contributed by atoms with Gasteiger partial charge < -0.3 is 15.0 Å². The van der Waals surface area contributed by atoms with Crippen LogP contribution >= 0.6 is 0 Å². The summed E-state index contributed by atoms with van der Waals surface area (Å²) in [7, 11) is 0. The van der Waals surface area contributed by atoms with Crippen LogP contribution in [0.15, 0.2) is 29.3 Å². The number of likely N-dealkylation sites (N-methyl/N-ethyl adjacent to an activating group) is 1. The largest absolute Gasteiger partial charge is 0.483 e. The first-order chi connectivity index (χ1) is 9.76. The van der Waals surface area contributed by atoms with E-state index in [1.165, 1.54) is 0 Å². The Balaban J connectivity index is 2.04. The van der Waals surface area contributed by atoms with Crippen molar-refractivity contribution in [3.8, 4) is 5.75 Å². The Hall–Kier alpha value is -2.04. The summed E-state index contributed by atoms with van der Waals surface area (Å²) in [5.74, 6) is 1.54. The highest BCUT2D eigenvalue weighted by Crippen LogP contribution is 2.19. The van der Waals surface area contributed by atoms with Gasteiger partial charge >= 0.3 is 0 Å². The first kappa shape index (κ1) is 14.4. The third-order valence-corrected chi connectivity index (χ3v) is 3.28. The van der Waals surface area contributed by atoms with Gasteiger partial charge in [-0.1, -0.05) is 12.1 Å². The van der Waals surface area contributed by atoms with Gasteiger partial charge in [-0.15, -0.1) is 0 Å². The van der Waals surface area contributed by atoms with Crippen molar-refractivity contribution in [2.24, 2.45) is 4.99 Å². The molecule has 0 bridgehead atoms. The predicted octanol–water partition coefficient (Wildman–Crippen LogP) is 1.28. The first-order valence-corrected chi connectivity index (χ1v) is 7.04. The molecule has 2 rings (SSSR count). The van der Waals surface area contributed by atoms with Crippen LogP contribution in [0.25, 0.3) is 0 Å². The zero-order valence-corrected chi connectivity index (χ0v) is 12.1. The summed E-state index contributed by atoms with van der Waals surface area (Å²) in [5.41, 5.74) is 0.914. The first-order valence-electron chi connectivity index (χ1n) is 7.04. The van der Waals surface area contributed by atoms with Crippen LogP contribution < -0.4 is 10.1 Å². The number of carbonyl (C=O) groups excluding carboxylic acids is 1. The molecule has 0 unspecified atom stereocenters. The molecular weight excluding hydrogens is 254 g/mol. The number of ether oxygens (including phenoxy) is 1. The minimum absolute atomic E-state index is 0.00567. The van der Waals surface area contributed by atoms with Crippen molar-refractivity contribution in [1.82, 2.24) is 10.2 Å². The summed E-state index contributed by atoms with van der Waals surface area (Å²) in [4.78, 5) is 18.1. The maximum atomic E-state index is 12.0. The Labute approximate surface area is 119 Å². The Morgan fingerprint density at radius 2 is 2.10 bits per heavy atom. The van der Waals surface area contributed by atoms with Gasteiger partial charge in [-0.25, -0.2) is 0 Å². The standard InChI is InChI=1S/C15H21N3O2/c1-3-18(4-2)14(19)11-20-13-8-6-5-7-12(13)15-16-9-10-17-15/h5-8H,3-4,9-11H2,1-2H3,(H,16,17). The molecule has 1 aliphatic rings. The van der Waals surface area contributed by atoms with Crippen molar-refractivity contribution in [3.05, 3.63) is 29.8 Å². The van der Waals surface area contributed by atoms with Gasteiger partial charge in [0.05, 0.1) is 12.1 Å². The average Bonchev–Trinajstić information content (AvgIpc) is 3.01. The van der Waals surface area contributed by atoms with Crippen molar-refractivity contribution in [1.29, 1.82) is 0 Å². The molecular formula is C15H21N3O2. The quantitative estimate of drug-likeness (QED) is 0.851. The summed E-state index contributed by atoms with van der Waals surface area (Å²) in [6, 6.07) is 7.66. The molecule has 0 aliphatic carbocycles. The van der Waals surface area contributed by atoms with E-state index < -0.39 is 0 Å². The van der Waals surface area contributed by atoms with E-state index in [4.69, 9.17) is 4.74 Å². The maximum absolute atomic E-state index is 12.0. The normalized spacial score (nSPS) is 13.6. The molecule has 0 spiro atoms. The van der Waals surface area contributed by atoms with Gasteiger partial charge in [0.15, 0.2) is 6.61 Å². The second-order valence-electron chi connectivity index (χ2n) is 4.51. The summed E-state index contributed by atoms with van der Waals surface area (Å²) >= 11 is 0. The van der Waals surface area contributed by atoms with Gasteiger partial charge in [-0.2, -0.15) is 0 Å². The van der Waals surface area contributed by atoms with Crippen LogP contribution in [0, 0.1) is 0 Å². The number of hydrogen-bond donors (Lipinski definition) is 1. The number of hydrogen-bond acceptors (Lipinski definition) is 4. The third kappa shape index (κ3) is 3.29. The number of aliphatic imine (C=N–C) groups is 1. The fourth-order valence-corrected chi connectivity index (χ4v) is 2.17. The van der Waals surface area contributed by atoms with E-state index in [0.717, 1.165) is 24.5 Å². The van der Waals surface area contributed by atoms with Gasteiger partial charge in [0.25, 0.3) is 5.91 Å². The van der Waals surface area contributed by atoms with Crippen LogP contribution in [-0.2, 0) is 4.79 Å². The van der Waals surface area contributed by atoms with Gasteiger partial charge in [-0.3, -0.25) is 9.79 Å². The second-order valence-corrected chi connectivity index (χ2v) is 4.51. The Morgan fingerprint density at radius 3 is 2.75 bits per heavy atom. The fraction of sp³-hybridized carbons (Fsp3) is 0.467. The van der Waals surface area contributed by atoms with Crippen LogP contribution in [-0.4, -0.2) is 49.4 Å². The SMILES string of the molecule is CCN(CC)C(=O)COc1ccccc1C1=NCCN1. The second kappa shape index (κ2) is 6.93. The van der Waals surface area contributed by atoms with Crippen molar-refractivity contribution < 1.29 is 9.53 Å². The summed E-state index contributed by atoms with van der Waals surface area (Å²) in [6.07, 6.45) is 0. The zero-order valence-electron chi connectivity index (χ0n) is 12.1. The smallest absolute Gasteiger partial charge is 0.260 e. The molecule has 0 radical (unpaired) electrons. The fourth-order valence-electron chi connectivity index (χ4n) is 2.17. The predicted molar refractivity (Wildman–Crippen MR) is 79.3 cm³/mol. The molecule has 0 aromatic heterocycles. The molecule has 1 aliphatic heterocycles. The number of amides is 1. The van der Waals surface area contributed by atoms with E-state index in [-0.39, 0.29) is 12.5 Å². The van der Waals surface area contributed by atoms with E-state index in [1.54, 1.807) is 4.90 Å². The Bertz CT molecular complexity index is 496. The van der Waals surface area contributed by atoms with E-state index in [0.29, 0.717) is 18.8 Å². The van der Waals surface area contributed by atoms with Crippen molar-refractivity contribution in [2.75, 3.05) is 32.8 Å². The molecule has 108 valence electrons. The van der Waals surface area contributed by atoms with Crippen LogP contribution in [0.5, 0.6) is 5.75 Å². The monoisotopic (exact) mass is 275 g/mol. The number of amidine groups is 1. The van der Waals surface area contributed by atoms with Gasteiger partial charge in [0, 0.05) is 19.6 Å². The number of nitrogens with one attached hydrogen (secondary N) is 1. The van der Waals surface area contributed by atoms with E-state index in [1.807, 2.05) is 38.1 Å². The lowest BCUT2D eigenvalue weighted by Gasteiger charge is -2.19. The molecule has 1 aromatic carbocycles. The highest BCUT2D eigenvalue weighted by molar-refractivity contribution is 6.02. The van der Waals surface area contributed by atoms with Crippen LogP contribution in [0.3, 0.4) is 0 Å². The molecule has 0 saturated heterocycles. The maximum Gasteiger partial charge on any atom is 0.260 e. The van der Waals surface area contributed by atoms with Crippen molar-refractivity contribution in [2.45, 2.75) is 13.8 Å². The van der Waals surface area contributed by atoms with Crippen LogP contribution in [0.2, 0.25) is 0 Å². The number of para-hydroxylation sites is 1. The summed E-state index contributed by atoms with van der Waals surface area (Å²) in [5, 5.41) is 3.22. The molecule has 0 fully saturated rings. The zero-order chi connectivity index (χ0) is 14.4. The van der Waals surface area contributed by atoms with E-state index >= 15 is 0 Å². The lowest BCUT2D eigenvalue weighted by atomic mass is 10.2. The molecule has 5 nitrogen and oxygen atoms in total. The Morgan fingerprint density at radius 1 is 1.35 bits per heavy atom. The van der Waals surface area contributed by atoms with Gasteiger partial charge in [0.1, 0.15) is 11.6 Å². The molecule has 0 saturated carbocycles. The van der Waals surface area contributed by atoms with E-state index in [9.17, 15) is 4.79 Å². The third-order valence-electron chi connectivity index (χ3n) is 3.28. The van der Waals surface area contributed by atoms with Gasteiger partial charge in [0.2, 0.25) is 0 Å². The molecule has 1 amide bonds. The Kier molecular flexibility index (Phi) is 4.98. The minimum atomic E-state index is 0.00567. The number of rotatable bonds is 6. The lowest BCUT2D eigenvalue weighted by molar-refractivity contribution is -0.132. The summed E-state index contributed by atoms with van der Waals surface area (Å²) in [6.45, 7) is 7.03. The van der Waals surface area contributed by atoms with Crippen LogP contribution in [0.1, 0.15) is 19.4 Å². The number of benzene rings is 1. The average molecular weight is 275 g/mol. The summed E-state index contributed by atoms with van der Waals surface area (Å²) < 4.78 is 5.68. The highest BCUT2D eigenvalue weighted by Gasteiger charge is 2.15. The lowest BCUT2D eigenvalue weighted by Crippen LogP contribution is -2.34. The van der Waals surface area contributed by atoms with Gasteiger partial charge in [-0.05, 0) is 26.0 Å². The van der Waals surface area contributed by atoms with Crippen LogP contribution in [0.4, 0.5) is 0 Å². The molecule has 20 heavy (non-hydrogen) atoms. The topological polar surface area (TPSA) is 53.9 Å². The molecule has 5 heteroatoms. The highest BCUT2D eigenvalue weighted by atomic mass is 16.5. The van der Waals surface area contributed by atoms with Crippen molar-refractivity contribution in [3.63, 3.8) is 0 Å². The van der Waals surface area contributed by atoms with Crippen molar-refractivity contribution >= 4 is 11.7 Å². The molecule has 1 N–H and O–H groups in total. The van der Waals surface area contributed by atoms with E-state index in [2.05, 4.69) is 10.3 Å². The molecule has 1 aromatic rings. The minimum Gasteiger partial charge on any atom is -0.483 e. The number of carbonyl (C=O) groups is 1.